The number of ether oxygens (including phenoxy) is 1. The third-order valence-electron chi connectivity index (χ3n) is 11.0. The maximum absolute atomic E-state index is 13.7. The molecule has 3 N–H and O–H groups in total. The molecule has 0 spiro atoms. The second-order valence-corrected chi connectivity index (χ2v) is 16.7. The number of hydrogen-bond donors (Lipinski definition) is 3. The SMILES string of the molecule is Cc1cc(/N=N/c2cccc3c2CNC3=O)c2ccccc2c1OCC(=O)NCCCCNC(=O)C(C)[C@@H]1N=C(c2ccc(Cl)cc2)c2c(sc(C)c2C)-n2c(C)nnc21. The average molecular weight is 842 g/mol. The molecule has 0 aliphatic carbocycles. The minimum Gasteiger partial charge on any atom is -0.483 e. The number of carbonyl (C=O) groups is 3. The van der Waals surface area contributed by atoms with Gasteiger partial charge in [-0.25, -0.2) is 0 Å². The van der Waals surface area contributed by atoms with E-state index in [9.17, 15) is 14.4 Å². The largest absolute Gasteiger partial charge is 0.483 e. The molecule has 0 saturated heterocycles. The van der Waals surface area contributed by atoms with Crippen molar-refractivity contribution in [1.82, 2.24) is 30.7 Å². The minimum atomic E-state index is -0.586. The molecule has 2 aliphatic heterocycles. The van der Waals surface area contributed by atoms with Crippen LogP contribution >= 0.6 is 22.9 Å². The number of benzene rings is 4. The van der Waals surface area contributed by atoms with Gasteiger partial charge in [-0.05, 0) is 82.0 Å². The first-order chi connectivity index (χ1) is 29.0. The molecule has 4 heterocycles. The summed E-state index contributed by atoms with van der Waals surface area (Å²) in [6, 6.07) is 22.0. The standard InChI is InChI=1S/C45H44ClN9O4S/c1-24-21-36(53-52-35-14-10-13-33-34(35)22-49-44(33)58)31-11-6-7-12-32(31)41(24)59-23-37(56)47-19-8-9-20-48-43(57)26(3)39-42-54-51-28(5)55(42)45-38(25(2)27(4)60-45)40(50-39)29-15-17-30(46)18-16-29/h6-7,10-18,21,26,39H,8-9,19-20,22-23H2,1-5H3,(H,47,56)(H,48,57)(H,49,58)/b53-52+/t26?,39-/m0/s1. The number of aryl methyl sites for hydroxylation is 3. The second kappa shape index (κ2) is 17.2. The van der Waals surface area contributed by atoms with Crippen molar-refractivity contribution in [1.29, 1.82) is 0 Å². The van der Waals surface area contributed by atoms with Crippen molar-refractivity contribution in [2.24, 2.45) is 21.1 Å². The highest BCUT2D eigenvalue weighted by molar-refractivity contribution is 7.15. The van der Waals surface area contributed by atoms with Crippen molar-refractivity contribution in [3.05, 3.63) is 128 Å². The zero-order valence-corrected chi connectivity index (χ0v) is 35.5. The molecular weight excluding hydrogens is 798 g/mol. The summed E-state index contributed by atoms with van der Waals surface area (Å²) in [6.45, 7) is 11.0. The van der Waals surface area contributed by atoms with E-state index in [1.807, 2.05) is 86.0 Å². The molecule has 2 atom stereocenters. The number of amides is 3. The number of rotatable bonds is 13. The monoisotopic (exact) mass is 841 g/mol. The van der Waals surface area contributed by atoms with Crippen molar-refractivity contribution in [2.45, 2.75) is 60.0 Å². The average Bonchev–Trinajstić information content (AvgIpc) is 3.88. The number of nitrogens with one attached hydrogen (secondary N) is 3. The third-order valence-corrected chi connectivity index (χ3v) is 12.5. The van der Waals surface area contributed by atoms with E-state index in [1.54, 1.807) is 23.5 Å². The number of halogens is 1. The Morgan fingerprint density at radius 2 is 1.68 bits per heavy atom. The summed E-state index contributed by atoms with van der Waals surface area (Å²) >= 11 is 7.93. The summed E-state index contributed by atoms with van der Waals surface area (Å²) in [5.74, 6) is 0.901. The molecule has 2 aromatic heterocycles. The van der Waals surface area contributed by atoms with Gasteiger partial charge >= 0.3 is 0 Å². The van der Waals surface area contributed by atoms with Gasteiger partial charge in [-0.3, -0.25) is 23.9 Å². The molecule has 0 fully saturated rings. The molecule has 4 aromatic carbocycles. The first-order valence-electron chi connectivity index (χ1n) is 19.9. The highest BCUT2D eigenvalue weighted by Gasteiger charge is 2.36. The smallest absolute Gasteiger partial charge is 0.257 e. The van der Waals surface area contributed by atoms with Gasteiger partial charge in [-0.15, -0.1) is 26.6 Å². The van der Waals surface area contributed by atoms with Crippen LogP contribution < -0.4 is 20.7 Å². The summed E-state index contributed by atoms with van der Waals surface area (Å²) in [5.41, 5.74) is 7.38. The van der Waals surface area contributed by atoms with Crippen LogP contribution in [0.5, 0.6) is 5.75 Å². The topological polar surface area (TPSA) is 164 Å². The molecule has 0 radical (unpaired) electrons. The van der Waals surface area contributed by atoms with Crippen LogP contribution in [0.15, 0.2) is 88.0 Å². The van der Waals surface area contributed by atoms with Crippen LogP contribution in [0.4, 0.5) is 11.4 Å². The van der Waals surface area contributed by atoms with Crippen LogP contribution in [0, 0.1) is 33.6 Å². The Kier molecular flexibility index (Phi) is 11.6. The summed E-state index contributed by atoms with van der Waals surface area (Å²) in [6.07, 6.45) is 1.32. The van der Waals surface area contributed by atoms with Crippen LogP contribution in [0.25, 0.3) is 15.8 Å². The zero-order chi connectivity index (χ0) is 42.1. The summed E-state index contributed by atoms with van der Waals surface area (Å²) in [4.78, 5) is 45.1. The second-order valence-electron chi connectivity index (χ2n) is 15.0. The van der Waals surface area contributed by atoms with Gasteiger partial charge in [0.1, 0.15) is 22.6 Å². The van der Waals surface area contributed by atoms with Gasteiger partial charge in [-0.1, -0.05) is 61.0 Å². The molecule has 306 valence electrons. The lowest BCUT2D eigenvalue weighted by Gasteiger charge is -2.20. The fourth-order valence-corrected chi connectivity index (χ4v) is 8.99. The number of thiophene rings is 1. The van der Waals surface area contributed by atoms with Gasteiger partial charge in [0.05, 0.1) is 23.0 Å². The molecule has 2 aliphatic rings. The van der Waals surface area contributed by atoms with E-state index in [4.69, 9.17) is 21.3 Å². The van der Waals surface area contributed by atoms with E-state index in [-0.39, 0.29) is 24.3 Å². The van der Waals surface area contributed by atoms with E-state index in [0.717, 1.165) is 55.1 Å². The lowest BCUT2D eigenvalue weighted by Crippen LogP contribution is -2.34. The van der Waals surface area contributed by atoms with Gasteiger partial charge in [0, 0.05) is 62.6 Å². The maximum Gasteiger partial charge on any atom is 0.257 e. The lowest BCUT2D eigenvalue weighted by atomic mass is 9.98. The number of nitrogens with zero attached hydrogens (tertiary/aromatic N) is 6. The Labute approximate surface area is 356 Å². The Morgan fingerprint density at radius 3 is 2.47 bits per heavy atom. The van der Waals surface area contributed by atoms with Gasteiger partial charge in [-0.2, -0.15) is 5.11 Å². The Morgan fingerprint density at radius 1 is 0.950 bits per heavy atom. The number of aromatic nitrogens is 3. The van der Waals surface area contributed by atoms with Gasteiger partial charge in [0.25, 0.3) is 11.8 Å². The number of aliphatic imine (C=N–C) groups is 1. The Balaban J connectivity index is 0.859. The summed E-state index contributed by atoms with van der Waals surface area (Å²) in [7, 11) is 0. The maximum atomic E-state index is 13.7. The van der Waals surface area contributed by atoms with E-state index >= 15 is 0 Å². The lowest BCUT2D eigenvalue weighted by molar-refractivity contribution is -0.125. The summed E-state index contributed by atoms with van der Waals surface area (Å²) in [5, 5.41) is 30.1. The first kappa shape index (κ1) is 40.5. The number of hydrogen-bond acceptors (Lipinski definition) is 10. The molecular formula is C45H44ClN9O4S. The fourth-order valence-electron chi connectivity index (χ4n) is 7.65. The highest BCUT2D eigenvalue weighted by Crippen LogP contribution is 2.41. The highest BCUT2D eigenvalue weighted by atomic mass is 35.5. The quantitative estimate of drug-likeness (QED) is 0.0778. The van der Waals surface area contributed by atoms with Gasteiger partial charge < -0.3 is 20.7 Å². The van der Waals surface area contributed by atoms with E-state index in [2.05, 4.69) is 50.2 Å². The first-order valence-corrected chi connectivity index (χ1v) is 21.1. The van der Waals surface area contributed by atoms with Crippen molar-refractivity contribution in [3.8, 4) is 10.8 Å². The van der Waals surface area contributed by atoms with Crippen LogP contribution in [-0.4, -0.2) is 57.9 Å². The van der Waals surface area contributed by atoms with E-state index in [1.165, 1.54) is 4.88 Å². The minimum absolute atomic E-state index is 0.111. The molecule has 60 heavy (non-hydrogen) atoms. The van der Waals surface area contributed by atoms with Crippen LogP contribution in [0.3, 0.4) is 0 Å². The molecule has 0 bridgehead atoms. The normalized spacial score (nSPS) is 14.9. The van der Waals surface area contributed by atoms with Gasteiger partial charge in [0.15, 0.2) is 12.4 Å². The molecule has 8 rings (SSSR count). The predicted octanol–water partition coefficient (Wildman–Crippen LogP) is 8.65. The number of azo groups is 1. The van der Waals surface area contributed by atoms with Crippen molar-refractivity contribution in [2.75, 3.05) is 19.7 Å². The molecule has 0 saturated carbocycles. The van der Waals surface area contributed by atoms with Crippen LogP contribution in [0.1, 0.15) is 80.5 Å². The van der Waals surface area contributed by atoms with Crippen molar-refractivity contribution >= 4 is 68.5 Å². The number of unbranched alkanes of at least 4 members (excludes halogenated alkanes) is 1. The molecule has 6 aromatic rings. The van der Waals surface area contributed by atoms with Gasteiger partial charge in [0.2, 0.25) is 5.91 Å². The molecule has 3 amide bonds. The van der Waals surface area contributed by atoms with E-state index in [0.29, 0.717) is 66.0 Å². The van der Waals surface area contributed by atoms with Crippen molar-refractivity contribution < 1.29 is 19.1 Å². The van der Waals surface area contributed by atoms with Crippen LogP contribution in [-0.2, 0) is 16.1 Å². The van der Waals surface area contributed by atoms with Crippen molar-refractivity contribution in [3.63, 3.8) is 0 Å². The molecule has 15 heteroatoms. The Bertz CT molecular complexity index is 2720. The third kappa shape index (κ3) is 7.92. The zero-order valence-electron chi connectivity index (χ0n) is 33.9. The number of fused-ring (bicyclic) bond motifs is 5. The number of carbonyl (C=O) groups excluding carboxylic acids is 3. The Hall–Kier alpha value is -6.25. The predicted molar refractivity (Wildman–Crippen MR) is 234 cm³/mol. The molecule has 13 nitrogen and oxygen atoms in total. The fraction of sp³-hybridized carbons (Fsp3) is 0.289. The molecule has 1 unspecified atom stereocenters. The summed E-state index contributed by atoms with van der Waals surface area (Å²) < 4.78 is 8.13. The van der Waals surface area contributed by atoms with E-state index < -0.39 is 12.0 Å². The van der Waals surface area contributed by atoms with Crippen LogP contribution in [0.2, 0.25) is 5.02 Å².